The maximum atomic E-state index is 11.8. The largest absolute Gasteiger partial charge is 0.345 e. The summed E-state index contributed by atoms with van der Waals surface area (Å²) < 4.78 is 0. The van der Waals surface area contributed by atoms with E-state index in [-0.39, 0.29) is 5.91 Å². The number of carbonyl (C=O) groups is 1. The van der Waals surface area contributed by atoms with E-state index >= 15 is 0 Å². The van der Waals surface area contributed by atoms with Gasteiger partial charge in [0.1, 0.15) is 0 Å². The molecule has 1 aliphatic rings. The zero-order valence-corrected chi connectivity index (χ0v) is 11.2. The Balaban J connectivity index is 2.33. The lowest BCUT2D eigenvalue weighted by Gasteiger charge is -2.23. The number of nitrogens with two attached hydrogens (primary N) is 1. The average Bonchev–Trinajstić information content (AvgIpc) is 2.54. The molecule has 0 bridgehead atoms. The summed E-state index contributed by atoms with van der Waals surface area (Å²) in [5.41, 5.74) is 5.57. The summed E-state index contributed by atoms with van der Waals surface area (Å²) in [5, 5.41) is 0. The Morgan fingerprint density at radius 2 is 1.88 bits per heavy atom. The molecule has 2 N–H and O–H groups in total. The van der Waals surface area contributed by atoms with E-state index < -0.39 is 0 Å². The van der Waals surface area contributed by atoms with E-state index in [9.17, 15) is 4.79 Å². The minimum atomic E-state index is 0.222. The first-order chi connectivity index (χ1) is 8.17. The Labute approximate surface area is 105 Å². The van der Waals surface area contributed by atoms with Gasteiger partial charge in [0, 0.05) is 39.8 Å². The molecule has 0 saturated carbocycles. The van der Waals surface area contributed by atoms with E-state index in [2.05, 4.69) is 9.80 Å². The normalized spacial score (nSPS) is 19.0. The second-order valence-corrected chi connectivity index (χ2v) is 4.67. The van der Waals surface area contributed by atoms with Crippen molar-refractivity contribution in [2.24, 2.45) is 5.73 Å². The summed E-state index contributed by atoms with van der Waals surface area (Å²) in [6.07, 6.45) is 1.13. The summed E-state index contributed by atoms with van der Waals surface area (Å²) in [5.74, 6) is 0.222. The Morgan fingerprint density at radius 3 is 2.53 bits per heavy atom. The fourth-order valence-electron chi connectivity index (χ4n) is 2.08. The smallest absolute Gasteiger partial charge is 0.236 e. The number of likely N-dealkylation sites (N-methyl/N-ethyl adjacent to an activating group) is 1. The highest BCUT2D eigenvalue weighted by atomic mass is 16.2. The fourth-order valence-corrected chi connectivity index (χ4v) is 2.08. The second-order valence-electron chi connectivity index (χ2n) is 4.67. The van der Waals surface area contributed by atoms with Gasteiger partial charge in [0.25, 0.3) is 0 Å². The quantitative estimate of drug-likeness (QED) is 0.701. The molecule has 1 saturated heterocycles. The van der Waals surface area contributed by atoms with Gasteiger partial charge in [-0.3, -0.25) is 9.69 Å². The predicted octanol–water partition coefficient (Wildman–Crippen LogP) is -0.569. The maximum Gasteiger partial charge on any atom is 0.236 e. The topological polar surface area (TPSA) is 52.8 Å². The number of amides is 1. The number of hydrogen-bond donors (Lipinski definition) is 1. The van der Waals surface area contributed by atoms with Crippen molar-refractivity contribution in [3.63, 3.8) is 0 Å². The lowest BCUT2D eigenvalue weighted by Crippen LogP contribution is -2.40. The van der Waals surface area contributed by atoms with Gasteiger partial charge >= 0.3 is 0 Å². The number of hydrogen-bond acceptors (Lipinski definition) is 4. The SMILES string of the molecule is CCN(C)C(=O)CN1CCCN(CCN)CC1. The Bertz CT molecular complexity index is 235. The van der Waals surface area contributed by atoms with Crippen molar-refractivity contribution in [2.75, 3.05) is 59.4 Å². The van der Waals surface area contributed by atoms with Gasteiger partial charge in [-0.1, -0.05) is 0 Å². The molecule has 17 heavy (non-hydrogen) atoms. The van der Waals surface area contributed by atoms with Crippen LogP contribution in [0.2, 0.25) is 0 Å². The minimum Gasteiger partial charge on any atom is -0.345 e. The zero-order valence-electron chi connectivity index (χ0n) is 11.2. The third-order valence-electron chi connectivity index (χ3n) is 3.39. The highest BCUT2D eigenvalue weighted by Crippen LogP contribution is 2.03. The Hall–Kier alpha value is -0.650. The number of nitrogens with zero attached hydrogens (tertiary/aromatic N) is 3. The van der Waals surface area contributed by atoms with Crippen LogP contribution in [0.4, 0.5) is 0 Å². The minimum absolute atomic E-state index is 0.222. The van der Waals surface area contributed by atoms with E-state index in [1.165, 1.54) is 0 Å². The van der Waals surface area contributed by atoms with Crippen LogP contribution in [0.1, 0.15) is 13.3 Å². The van der Waals surface area contributed by atoms with Crippen LogP contribution in [0, 0.1) is 0 Å². The van der Waals surface area contributed by atoms with Crippen molar-refractivity contribution >= 4 is 5.91 Å². The van der Waals surface area contributed by atoms with E-state index in [0.29, 0.717) is 6.54 Å². The van der Waals surface area contributed by atoms with Gasteiger partial charge < -0.3 is 15.5 Å². The molecule has 1 aliphatic heterocycles. The molecule has 0 aliphatic carbocycles. The van der Waals surface area contributed by atoms with E-state index in [4.69, 9.17) is 5.73 Å². The Morgan fingerprint density at radius 1 is 1.24 bits per heavy atom. The summed E-state index contributed by atoms with van der Waals surface area (Å²) in [6.45, 7) is 9.16. The molecule has 1 rings (SSSR count). The third kappa shape index (κ3) is 5.02. The molecule has 1 amide bonds. The lowest BCUT2D eigenvalue weighted by atomic mass is 10.3. The molecule has 100 valence electrons. The monoisotopic (exact) mass is 242 g/mol. The van der Waals surface area contributed by atoms with Crippen molar-refractivity contribution in [2.45, 2.75) is 13.3 Å². The van der Waals surface area contributed by atoms with Gasteiger partial charge in [-0.25, -0.2) is 0 Å². The van der Waals surface area contributed by atoms with Crippen molar-refractivity contribution in [1.29, 1.82) is 0 Å². The number of carbonyl (C=O) groups excluding carboxylic acids is 1. The summed E-state index contributed by atoms with van der Waals surface area (Å²) in [7, 11) is 1.86. The van der Waals surface area contributed by atoms with Gasteiger partial charge in [-0.05, 0) is 26.4 Å². The van der Waals surface area contributed by atoms with Crippen LogP contribution in [-0.2, 0) is 4.79 Å². The highest BCUT2D eigenvalue weighted by Gasteiger charge is 2.17. The summed E-state index contributed by atoms with van der Waals surface area (Å²) in [6, 6.07) is 0. The van der Waals surface area contributed by atoms with Crippen molar-refractivity contribution in [3.8, 4) is 0 Å². The van der Waals surface area contributed by atoms with Crippen molar-refractivity contribution in [1.82, 2.24) is 14.7 Å². The first-order valence-corrected chi connectivity index (χ1v) is 6.56. The van der Waals surface area contributed by atoms with Gasteiger partial charge in [-0.15, -0.1) is 0 Å². The van der Waals surface area contributed by atoms with Crippen LogP contribution in [-0.4, -0.2) is 80.0 Å². The van der Waals surface area contributed by atoms with E-state index in [0.717, 1.165) is 52.2 Å². The first kappa shape index (κ1) is 14.4. The summed E-state index contributed by atoms with van der Waals surface area (Å²) >= 11 is 0. The molecule has 5 nitrogen and oxygen atoms in total. The molecule has 0 unspecified atom stereocenters. The standard InChI is InChI=1S/C12H26N4O/c1-3-14(2)12(17)11-16-7-4-6-15(8-5-13)9-10-16/h3-11,13H2,1-2H3. The number of rotatable bonds is 5. The molecular weight excluding hydrogens is 216 g/mol. The predicted molar refractivity (Wildman–Crippen MR) is 69.9 cm³/mol. The van der Waals surface area contributed by atoms with Crippen LogP contribution < -0.4 is 5.73 Å². The maximum absolute atomic E-state index is 11.8. The van der Waals surface area contributed by atoms with Crippen LogP contribution in [0.5, 0.6) is 0 Å². The van der Waals surface area contributed by atoms with E-state index in [1.807, 2.05) is 14.0 Å². The molecule has 0 aromatic rings. The van der Waals surface area contributed by atoms with Crippen molar-refractivity contribution < 1.29 is 4.79 Å². The molecule has 0 aromatic heterocycles. The first-order valence-electron chi connectivity index (χ1n) is 6.56. The fraction of sp³-hybridized carbons (Fsp3) is 0.917. The van der Waals surface area contributed by atoms with Gasteiger partial charge in [0.05, 0.1) is 6.54 Å². The molecule has 0 aromatic carbocycles. The lowest BCUT2D eigenvalue weighted by molar-refractivity contribution is -0.130. The van der Waals surface area contributed by atoms with Crippen LogP contribution in [0.25, 0.3) is 0 Å². The van der Waals surface area contributed by atoms with E-state index in [1.54, 1.807) is 4.90 Å². The van der Waals surface area contributed by atoms with Gasteiger partial charge in [0.15, 0.2) is 0 Å². The molecule has 1 heterocycles. The highest BCUT2D eigenvalue weighted by molar-refractivity contribution is 5.77. The molecular formula is C12H26N4O. The average molecular weight is 242 g/mol. The molecule has 1 fully saturated rings. The summed E-state index contributed by atoms with van der Waals surface area (Å²) in [4.78, 5) is 18.2. The van der Waals surface area contributed by atoms with Gasteiger partial charge in [-0.2, -0.15) is 0 Å². The van der Waals surface area contributed by atoms with Crippen LogP contribution >= 0.6 is 0 Å². The van der Waals surface area contributed by atoms with Crippen LogP contribution in [0.15, 0.2) is 0 Å². The van der Waals surface area contributed by atoms with Gasteiger partial charge in [0.2, 0.25) is 5.91 Å². The van der Waals surface area contributed by atoms with Crippen molar-refractivity contribution in [3.05, 3.63) is 0 Å². The molecule has 0 atom stereocenters. The zero-order chi connectivity index (χ0) is 12.7. The third-order valence-corrected chi connectivity index (χ3v) is 3.39. The Kier molecular flexibility index (Phi) is 6.47. The molecule has 0 radical (unpaired) electrons. The molecule has 0 spiro atoms. The molecule has 5 heteroatoms. The van der Waals surface area contributed by atoms with Crippen LogP contribution in [0.3, 0.4) is 0 Å². The second kappa shape index (κ2) is 7.63.